The maximum Gasteiger partial charge on any atom is 0.338 e. The molecule has 2 amide bonds. The third-order valence-electron chi connectivity index (χ3n) is 6.08. The van der Waals surface area contributed by atoms with Crippen molar-refractivity contribution in [1.29, 1.82) is 0 Å². The van der Waals surface area contributed by atoms with E-state index in [0.29, 0.717) is 39.3 Å². The number of benzene rings is 1. The Hall–Kier alpha value is -2.89. The van der Waals surface area contributed by atoms with E-state index in [4.69, 9.17) is 20.8 Å². The van der Waals surface area contributed by atoms with Crippen molar-refractivity contribution in [3.8, 4) is 0 Å². The van der Waals surface area contributed by atoms with E-state index in [1.807, 2.05) is 0 Å². The lowest BCUT2D eigenvalue weighted by atomic mass is 10.2. The zero-order chi connectivity index (χ0) is 25.0. The van der Waals surface area contributed by atoms with Crippen molar-refractivity contribution in [2.24, 2.45) is 0 Å². The van der Waals surface area contributed by atoms with Crippen LogP contribution in [0.4, 0.5) is 0 Å². The van der Waals surface area contributed by atoms with Crippen molar-refractivity contribution < 1.29 is 32.0 Å². The topological polar surface area (TPSA) is 117 Å². The highest BCUT2D eigenvalue weighted by molar-refractivity contribution is 7.89. The largest absolute Gasteiger partial charge is 0.459 e. The summed E-state index contributed by atoms with van der Waals surface area (Å²) in [7, 11) is -3.85. The number of nitrogens with zero attached hydrogens (tertiary/aromatic N) is 3. The lowest BCUT2D eigenvalue weighted by molar-refractivity contribution is -0.136. The number of furan rings is 1. The van der Waals surface area contributed by atoms with Crippen molar-refractivity contribution >= 4 is 39.4 Å². The molecule has 2 fully saturated rings. The molecule has 35 heavy (non-hydrogen) atoms. The molecule has 12 heteroatoms. The lowest BCUT2D eigenvalue weighted by Crippen LogP contribution is -2.51. The molecule has 2 aromatic rings. The number of carbonyl (C=O) groups is 3. The molecule has 0 aliphatic carbocycles. The van der Waals surface area contributed by atoms with Gasteiger partial charge in [0.05, 0.1) is 16.8 Å². The van der Waals surface area contributed by atoms with Gasteiger partial charge in [-0.15, -0.1) is 0 Å². The summed E-state index contributed by atoms with van der Waals surface area (Å²) < 4.78 is 37.6. The summed E-state index contributed by atoms with van der Waals surface area (Å²) in [6.07, 6.45) is 3.93. The monoisotopic (exact) mass is 523 g/mol. The molecule has 0 bridgehead atoms. The molecule has 2 aliphatic heterocycles. The van der Waals surface area contributed by atoms with Crippen molar-refractivity contribution in [3.63, 3.8) is 0 Å². The minimum atomic E-state index is -3.85. The second kappa shape index (κ2) is 10.8. The Bertz CT molecular complexity index is 1190. The van der Waals surface area contributed by atoms with Gasteiger partial charge in [-0.25, -0.2) is 13.2 Å². The number of sulfonamides is 1. The average molecular weight is 524 g/mol. The Morgan fingerprint density at radius 1 is 0.943 bits per heavy atom. The molecule has 10 nitrogen and oxygen atoms in total. The number of esters is 1. The number of ether oxygens (including phenoxy) is 1. The van der Waals surface area contributed by atoms with Crippen molar-refractivity contribution in [3.05, 3.63) is 52.9 Å². The van der Waals surface area contributed by atoms with Crippen LogP contribution in [0, 0.1) is 0 Å². The van der Waals surface area contributed by atoms with Crippen LogP contribution < -0.4 is 0 Å². The molecular formula is C23H26ClN3O7S. The molecule has 1 aromatic carbocycles. The van der Waals surface area contributed by atoms with E-state index in [1.54, 1.807) is 17.0 Å². The summed E-state index contributed by atoms with van der Waals surface area (Å²) >= 11 is 6.15. The standard InChI is InChI=1S/C23H26ClN3O7S/c24-18-7-6-17(15-20(18)35(31,32)27-8-2-1-3-9-27)23(30)34-16-21(28)25-10-12-26(13-11-25)22(29)19-5-4-14-33-19/h4-7,14-15H,1-3,8-13,16H2. The summed E-state index contributed by atoms with van der Waals surface area (Å²) in [4.78, 5) is 40.4. The SMILES string of the molecule is O=C(OCC(=O)N1CCN(C(=O)c2ccco2)CC1)c1ccc(Cl)c(S(=O)(=O)N2CCCCC2)c1. The van der Waals surface area contributed by atoms with Gasteiger partial charge in [0, 0.05) is 39.3 Å². The van der Waals surface area contributed by atoms with E-state index in [1.165, 1.54) is 33.7 Å². The molecule has 4 rings (SSSR count). The molecule has 2 aliphatic rings. The van der Waals surface area contributed by atoms with Crippen molar-refractivity contribution in [2.45, 2.75) is 24.2 Å². The lowest BCUT2D eigenvalue weighted by Gasteiger charge is -2.34. The van der Waals surface area contributed by atoms with Crippen LogP contribution in [0.5, 0.6) is 0 Å². The molecule has 0 unspecified atom stereocenters. The van der Waals surface area contributed by atoms with Crippen LogP contribution in [-0.2, 0) is 19.6 Å². The van der Waals surface area contributed by atoms with Gasteiger partial charge in [-0.2, -0.15) is 4.31 Å². The maximum atomic E-state index is 13.0. The summed E-state index contributed by atoms with van der Waals surface area (Å²) in [6, 6.07) is 7.11. The van der Waals surface area contributed by atoms with E-state index in [9.17, 15) is 22.8 Å². The maximum absolute atomic E-state index is 13.0. The third-order valence-corrected chi connectivity index (χ3v) is 8.46. The van der Waals surface area contributed by atoms with Crippen LogP contribution in [0.2, 0.25) is 5.02 Å². The normalized spacial score (nSPS) is 17.3. The Morgan fingerprint density at radius 3 is 2.29 bits per heavy atom. The van der Waals surface area contributed by atoms with Gasteiger partial charge in [0.15, 0.2) is 12.4 Å². The highest BCUT2D eigenvalue weighted by Gasteiger charge is 2.30. The number of rotatable bonds is 6. The molecular weight excluding hydrogens is 498 g/mol. The van der Waals surface area contributed by atoms with Gasteiger partial charge >= 0.3 is 5.97 Å². The zero-order valence-electron chi connectivity index (χ0n) is 19.0. The molecule has 0 atom stereocenters. The highest BCUT2D eigenvalue weighted by Crippen LogP contribution is 2.28. The second-order valence-electron chi connectivity index (χ2n) is 8.34. The summed E-state index contributed by atoms with van der Waals surface area (Å²) in [5.74, 6) is -1.23. The van der Waals surface area contributed by atoms with Gasteiger partial charge in [-0.3, -0.25) is 9.59 Å². The first-order valence-electron chi connectivity index (χ1n) is 11.3. The highest BCUT2D eigenvalue weighted by atomic mass is 35.5. The van der Waals surface area contributed by atoms with Gasteiger partial charge in [0.1, 0.15) is 4.90 Å². The summed E-state index contributed by atoms with van der Waals surface area (Å²) in [5, 5.41) is 0.0187. The minimum Gasteiger partial charge on any atom is -0.459 e. The van der Waals surface area contributed by atoms with Crippen LogP contribution in [0.15, 0.2) is 45.9 Å². The Labute approximate surface area is 208 Å². The average Bonchev–Trinajstić information content (AvgIpc) is 3.42. The number of hydrogen-bond acceptors (Lipinski definition) is 7. The smallest absolute Gasteiger partial charge is 0.338 e. The van der Waals surface area contributed by atoms with Crippen LogP contribution in [0.1, 0.15) is 40.2 Å². The van der Waals surface area contributed by atoms with Crippen LogP contribution in [-0.4, -0.2) is 86.2 Å². The van der Waals surface area contributed by atoms with E-state index in [-0.39, 0.29) is 27.1 Å². The van der Waals surface area contributed by atoms with Gasteiger partial charge < -0.3 is 19.0 Å². The number of halogens is 1. The molecule has 188 valence electrons. The Balaban J connectivity index is 1.33. The quantitative estimate of drug-likeness (QED) is 0.533. The van der Waals surface area contributed by atoms with Crippen molar-refractivity contribution in [2.75, 3.05) is 45.9 Å². The van der Waals surface area contributed by atoms with E-state index in [0.717, 1.165) is 19.3 Å². The first-order chi connectivity index (χ1) is 16.8. The van der Waals surface area contributed by atoms with Crippen LogP contribution in [0.3, 0.4) is 0 Å². The fraction of sp³-hybridized carbons (Fsp3) is 0.435. The molecule has 0 N–H and O–H groups in total. The fourth-order valence-electron chi connectivity index (χ4n) is 4.09. The molecule has 2 saturated heterocycles. The Morgan fingerprint density at radius 2 is 1.63 bits per heavy atom. The second-order valence-corrected chi connectivity index (χ2v) is 10.6. The number of piperidine rings is 1. The van der Waals surface area contributed by atoms with Gasteiger partial charge in [-0.05, 0) is 43.2 Å². The van der Waals surface area contributed by atoms with Crippen molar-refractivity contribution in [1.82, 2.24) is 14.1 Å². The fourth-order valence-corrected chi connectivity index (χ4v) is 6.11. The first kappa shape index (κ1) is 25.2. The molecule has 0 saturated carbocycles. The number of piperazine rings is 1. The molecule has 1 aromatic heterocycles. The predicted octanol–water partition coefficient (Wildman–Crippen LogP) is 2.25. The summed E-state index contributed by atoms with van der Waals surface area (Å²) in [6.45, 7) is 1.55. The van der Waals surface area contributed by atoms with E-state index < -0.39 is 28.5 Å². The number of amides is 2. The van der Waals surface area contributed by atoms with E-state index in [2.05, 4.69) is 0 Å². The first-order valence-corrected chi connectivity index (χ1v) is 13.2. The third kappa shape index (κ3) is 5.68. The van der Waals surface area contributed by atoms with Gasteiger partial charge in [0.25, 0.3) is 11.8 Å². The van der Waals surface area contributed by atoms with E-state index >= 15 is 0 Å². The molecule has 0 radical (unpaired) electrons. The number of hydrogen-bond donors (Lipinski definition) is 0. The van der Waals surface area contributed by atoms with Crippen LogP contribution in [0.25, 0.3) is 0 Å². The molecule has 3 heterocycles. The van der Waals surface area contributed by atoms with Gasteiger partial charge in [-0.1, -0.05) is 18.0 Å². The predicted molar refractivity (Wildman–Crippen MR) is 126 cm³/mol. The minimum absolute atomic E-state index is 0.00773. The zero-order valence-corrected chi connectivity index (χ0v) is 20.6. The Kier molecular flexibility index (Phi) is 7.78. The van der Waals surface area contributed by atoms with Crippen LogP contribution >= 0.6 is 11.6 Å². The summed E-state index contributed by atoms with van der Waals surface area (Å²) in [5.41, 5.74) is -0.00773. The molecule has 0 spiro atoms. The van der Waals surface area contributed by atoms with Gasteiger partial charge in [0.2, 0.25) is 10.0 Å². The number of carbonyl (C=O) groups excluding carboxylic acids is 3.